The van der Waals surface area contributed by atoms with Crippen LogP contribution in [-0.2, 0) is 4.79 Å². The molecule has 134 valence electrons. The van der Waals surface area contributed by atoms with Crippen molar-refractivity contribution in [1.82, 2.24) is 0 Å². The zero-order chi connectivity index (χ0) is 18.7. The lowest BCUT2D eigenvalue weighted by atomic mass is 10.1. The van der Waals surface area contributed by atoms with E-state index in [9.17, 15) is 4.79 Å². The fourth-order valence-electron chi connectivity index (χ4n) is 2.99. The number of hydrogen-bond acceptors (Lipinski definition) is 3. The molecule has 0 heterocycles. The Balaban J connectivity index is 1.94. The summed E-state index contributed by atoms with van der Waals surface area (Å²) in [7, 11) is 3.26. The van der Waals surface area contributed by atoms with Gasteiger partial charge in [0.1, 0.15) is 11.5 Å². The topological polar surface area (TPSA) is 35.5 Å². The summed E-state index contributed by atoms with van der Waals surface area (Å²) in [6.45, 7) is 0. The van der Waals surface area contributed by atoms with E-state index in [1.54, 1.807) is 14.2 Å². The van der Waals surface area contributed by atoms with E-state index in [1.165, 1.54) is 0 Å². The summed E-state index contributed by atoms with van der Waals surface area (Å²) in [5, 5.41) is 0. The van der Waals surface area contributed by atoms with Crippen molar-refractivity contribution in [3.05, 3.63) is 67.6 Å². The molecule has 0 amide bonds. The summed E-state index contributed by atoms with van der Waals surface area (Å²) in [5.41, 5.74) is 3.38. The first kappa shape index (κ1) is 18.9. The van der Waals surface area contributed by atoms with Crippen molar-refractivity contribution >= 4 is 49.8 Å². The third kappa shape index (κ3) is 4.10. The average molecular weight is 478 g/mol. The van der Waals surface area contributed by atoms with Crippen molar-refractivity contribution in [2.45, 2.75) is 12.8 Å². The van der Waals surface area contributed by atoms with Gasteiger partial charge in [-0.2, -0.15) is 0 Å². The molecule has 5 heteroatoms. The molecule has 1 saturated carbocycles. The van der Waals surface area contributed by atoms with Crippen LogP contribution < -0.4 is 9.47 Å². The highest BCUT2D eigenvalue weighted by Crippen LogP contribution is 2.34. The van der Waals surface area contributed by atoms with Crippen LogP contribution in [0.2, 0.25) is 0 Å². The second-order valence-corrected chi connectivity index (χ2v) is 7.77. The van der Waals surface area contributed by atoms with Crippen molar-refractivity contribution in [3.63, 3.8) is 0 Å². The summed E-state index contributed by atoms with van der Waals surface area (Å²) in [4.78, 5) is 12.8. The molecule has 0 aromatic heterocycles. The summed E-state index contributed by atoms with van der Waals surface area (Å²) in [6, 6.07) is 11.5. The summed E-state index contributed by atoms with van der Waals surface area (Å²) in [5.74, 6) is 1.58. The smallest absolute Gasteiger partial charge is 0.185 e. The number of benzene rings is 2. The highest BCUT2D eigenvalue weighted by molar-refractivity contribution is 9.10. The van der Waals surface area contributed by atoms with Gasteiger partial charge >= 0.3 is 0 Å². The van der Waals surface area contributed by atoms with E-state index >= 15 is 0 Å². The zero-order valence-corrected chi connectivity index (χ0v) is 17.7. The lowest BCUT2D eigenvalue weighted by Crippen LogP contribution is -1.97. The third-order valence-corrected chi connectivity index (χ3v) is 5.28. The number of rotatable bonds is 4. The SMILES string of the molecule is COc1ccc(Br)cc1/C=C1\CC/C(=C\c2cc(Br)ccc2OC)C1=O. The molecule has 3 rings (SSSR count). The number of allylic oxidation sites excluding steroid dienone is 2. The lowest BCUT2D eigenvalue weighted by Gasteiger charge is -2.07. The van der Waals surface area contributed by atoms with E-state index in [4.69, 9.17) is 9.47 Å². The Bertz CT molecular complexity index is 840. The van der Waals surface area contributed by atoms with E-state index in [2.05, 4.69) is 31.9 Å². The van der Waals surface area contributed by atoms with E-state index in [-0.39, 0.29) is 5.78 Å². The van der Waals surface area contributed by atoms with Crippen molar-refractivity contribution in [3.8, 4) is 11.5 Å². The normalized spacial score (nSPS) is 17.2. The molecular formula is C21H18Br2O3. The summed E-state index contributed by atoms with van der Waals surface area (Å²) < 4.78 is 12.7. The predicted octanol–water partition coefficient (Wildman–Crippen LogP) is 6.06. The molecule has 1 aliphatic carbocycles. The first-order valence-corrected chi connectivity index (χ1v) is 9.73. The summed E-state index contributed by atoms with van der Waals surface area (Å²) in [6.07, 6.45) is 5.28. The van der Waals surface area contributed by atoms with Crippen LogP contribution in [0.15, 0.2) is 56.5 Å². The minimum atomic E-state index is 0.0778. The van der Waals surface area contributed by atoms with Gasteiger partial charge in [0.25, 0.3) is 0 Å². The molecule has 0 aliphatic heterocycles. The highest BCUT2D eigenvalue weighted by Gasteiger charge is 2.24. The number of ketones is 1. The quantitative estimate of drug-likeness (QED) is 0.502. The van der Waals surface area contributed by atoms with Crippen molar-refractivity contribution in [1.29, 1.82) is 0 Å². The van der Waals surface area contributed by atoms with Gasteiger partial charge in [0, 0.05) is 31.2 Å². The molecule has 0 saturated heterocycles. The maximum atomic E-state index is 12.8. The Hall–Kier alpha value is -1.85. The van der Waals surface area contributed by atoms with Crippen LogP contribution in [0.3, 0.4) is 0 Å². The van der Waals surface area contributed by atoms with Crippen LogP contribution in [0.25, 0.3) is 12.2 Å². The van der Waals surface area contributed by atoms with Gasteiger partial charge in [-0.1, -0.05) is 31.9 Å². The van der Waals surface area contributed by atoms with Crippen LogP contribution in [0, 0.1) is 0 Å². The number of carbonyl (C=O) groups is 1. The maximum Gasteiger partial charge on any atom is 0.185 e. The largest absolute Gasteiger partial charge is 0.496 e. The fraction of sp³-hybridized carbons (Fsp3) is 0.190. The average Bonchev–Trinajstić information content (AvgIpc) is 2.96. The molecule has 26 heavy (non-hydrogen) atoms. The predicted molar refractivity (Wildman–Crippen MR) is 112 cm³/mol. The van der Waals surface area contributed by atoms with Crippen LogP contribution in [0.1, 0.15) is 24.0 Å². The minimum Gasteiger partial charge on any atom is -0.496 e. The Labute approximate surface area is 170 Å². The number of hydrogen-bond donors (Lipinski definition) is 0. The standard InChI is InChI=1S/C21H18Br2O3/c1-25-19-7-5-17(22)11-15(19)9-13-3-4-14(21(13)24)10-16-12-18(23)6-8-20(16)26-2/h5-12H,3-4H2,1-2H3/b13-9+,14-10+. The molecule has 0 unspecified atom stereocenters. The van der Waals surface area contributed by atoms with Crippen molar-refractivity contribution in [2.75, 3.05) is 14.2 Å². The van der Waals surface area contributed by atoms with Gasteiger partial charge in [-0.3, -0.25) is 4.79 Å². The van der Waals surface area contributed by atoms with Gasteiger partial charge in [-0.15, -0.1) is 0 Å². The van der Waals surface area contributed by atoms with Gasteiger partial charge in [0.2, 0.25) is 0 Å². The number of halogens is 2. The molecule has 0 N–H and O–H groups in total. The number of ether oxygens (including phenoxy) is 2. The Morgan fingerprint density at radius 2 is 1.23 bits per heavy atom. The zero-order valence-electron chi connectivity index (χ0n) is 14.5. The van der Waals surface area contributed by atoms with Gasteiger partial charge in [-0.25, -0.2) is 0 Å². The Kier molecular flexibility index (Phi) is 5.99. The van der Waals surface area contributed by atoms with E-state index in [0.29, 0.717) is 0 Å². The Morgan fingerprint density at radius 1 is 0.808 bits per heavy atom. The number of carbonyl (C=O) groups excluding carboxylic acids is 1. The second-order valence-electron chi connectivity index (χ2n) is 5.94. The molecule has 1 aliphatic rings. The molecule has 1 fully saturated rings. The second kappa shape index (κ2) is 8.23. The van der Waals surface area contributed by atoms with Crippen molar-refractivity contribution in [2.24, 2.45) is 0 Å². The van der Waals surface area contributed by atoms with Gasteiger partial charge in [-0.05, 0) is 61.4 Å². The Morgan fingerprint density at radius 3 is 1.62 bits per heavy atom. The summed E-state index contributed by atoms with van der Waals surface area (Å²) >= 11 is 6.94. The molecule has 2 aromatic rings. The molecule has 2 aromatic carbocycles. The molecule has 0 atom stereocenters. The van der Waals surface area contributed by atoms with E-state index in [1.807, 2.05) is 48.6 Å². The highest BCUT2D eigenvalue weighted by atomic mass is 79.9. The van der Waals surface area contributed by atoms with E-state index in [0.717, 1.165) is 55.6 Å². The first-order chi connectivity index (χ1) is 12.5. The van der Waals surface area contributed by atoms with Crippen molar-refractivity contribution < 1.29 is 14.3 Å². The monoisotopic (exact) mass is 476 g/mol. The molecule has 0 radical (unpaired) electrons. The van der Waals surface area contributed by atoms with E-state index < -0.39 is 0 Å². The molecule has 3 nitrogen and oxygen atoms in total. The van der Waals surface area contributed by atoms with Crippen LogP contribution >= 0.6 is 31.9 Å². The maximum absolute atomic E-state index is 12.8. The van der Waals surface area contributed by atoms with Crippen LogP contribution in [0.5, 0.6) is 11.5 Å². The van der Waals surface area contributed by atoms with Crippen LogP contribution in [-0.4, -0.2) is 20.0 Å². The molecule has 0 spiro atoms. The number of methoxy groups -OCH3 is 2. The third-order valence-electron chi connectivity index (χ3n) is 4.29. The van der Waals surface area contributed by atoms with Gasteiger partial charge < -0.3 is 9.47 Å². The number of Topliss-reactive ketones (excluding diaryl/α,β-unsaturated/α-hetero) is 1. The van der Waals surface area contributed by atoms with Gasteiger partial charge in [0.15, 0.2) is 5.78 Å². The molecule has 0 bridgehead atoms. The van der Waals surface area contributed by atoms with Gasteiger partial charge in [0.05, 0.1) is 14.2 Å². The molecular weight excluding hydrogens is 460 g/mol. The lowest BCUT2D eigenvalue weighted by molar-refractivity contribution is -0.111. The first-order valence-electron chi connectivity index (χ1n) is 8.14. The van der Waals surface area contributed by atoms with Crippen LogP contribution in [0.4, 0.5) is 0 Å². The minimum absolute atomic E-state index is 0.0778. The fourth-order valence-corrected chi connectivity index (χ4v) is 3.75.